The fourth-order valence-corrected chi connectivity index (χ4v) is 5.00. The fourth-order valence-electron chi connectivity index (χ4n) is 5.00. The van der Waals surface area contributed by atoms with Crippen LogP contribution in [0.3, 0.4) is 0 Å². The summed E-state index contributed by atoms with van der Waals surface area (Å²) in [6.07, 6.45) is 0. The van der Waals surface area contributed by atoms with Crippen LogP contribution in [-0.4, -0.2) is 28.2 Å². The molecular weight excluding hydrogens is 408 g/mol. The first-order chi connectivity index (χ1) is 15.8. The minimum absolute atomic E-state index is 0.840. The first-order valence-corrected chi connectivity index (χ1v) is 11.3. The molecule has 3 aromatic carbocycles. The molecule has 0 aliphatic carbocycles. The van der Waals surface area contributed by atoms with Crippen molar-refractivity contribution in [1.29, 1.82) is 0 Å². The SMILES string of the molecule is Cc1cc2nc3n(c2cc1C)c1nc2cc(C)c(C)cc2n1c1nc2cc(C)c(C)cc2n31. The van der Waals surface area contributed by atoms with Gasteiger partial charge in [-0.25, -0.2) is 28.2 Å². The van der Waals surface area contributed by atoms with Crippen LogP contribution >= 0.6 is 0 Å². The number of aryl methyl sites for hydroxylation is 6. The normalized spacial score (nSPS) is 12.5. The van der Waals surface area contributed by atoms with Crippen LogP contribution in [0.5, 0.6) is 0 Å². The minimum Gasteiger partial charge on any atom is -0.247 e. The van der Waals surface area contributed by atoms with E-state index in [1.807, 2.05) is 0 Å². The van der Waals surface area contributed by atoms with Gasteiger partial charge in [0.25, 0.3) is 0 Å². The van der Waals surface area contributed by atoms with Crippen molar-refractivity contribution in [1.82, 2.24) is 28.2 Å². The summed E-state index contributed by atoms with van der Waals surface area (Å²) in [4.78, 5) is 15.3. The Morgan fingerprint density at radius 2 is 0.636 bits per heavy atom. The quantitative estimate of drug-likeness (QED) is 0.298. The Kier molecular flexibility index (Phi) is 3.33. The molecule has 0 aliphatic heterocycles. The van der Waals surface area contributed by atoms with Crippen LogP contribution in [0.15, 0.2) is 36.4 Å². The molecule has 0 saturated heterocycles. The molecule has 0 atom stereocenters. The molecule has 7 aromatic rings. The van der Waals surface area contributed by atoms with Gasteiger partial charge in [0.2, 0.25) is 17.3 Å². The van der Waals surface area contributed by atoms with Crippen LogP contribution in [0.25, 0.3) is 50.4 Å². The van der Waals surface area contributed by atoms with Crippen molar-refractivity contribution < 1.29 is 0 Å². The molecule has 0 spiro atoms. The summed E-state index contributed by atoms with van der Waals surface area (Å²) in [5.41, 5.74) is 13.5. The molecule has 6 heteroatoms. The van der Waals surface area contributed by atoms with E-state index < -0.39 is 0 Å². The number of hydrogen-bond acceptors (Lipinski definition) is 3. The van der Waals surface area contributed by atoms with Gasteiger partial charge in [-0.3, -0.25) is 0 Å². The smallest absolute Gasteiger partial charge is 0.225 e. The zero-order valence-electron chi connectivity index (χ0n) is 19.6. The third-order valence-corrected chi connectivity index (χ3v) is 7.36. The molecule has 0 aliphatic rings. The standard InChI is InChI=1S/C27H24N6/c1-13-7-19-22(10-16(13)4)31-25(28-19)32-23-11-17(5)14(2)8-20(23)30-27(32)33-24-12-18(6)15(3)9-21(24)29-26(31)33/h7-12H,1-6H3. The highest BCUT2D eigenvalue weighted by Crippen LogP contribution is 2.31. The predicted octanol–water partition coefficient (Wildman–Crippen LogP) is 5.94. The lowest BCUT2D eigenvalue weighted by molar-refractivity contribution is 1.01. The Morgan fingerprint density at radius 3 is 0.909 bits per heavy atom. The second-order valence-corrected chi connectivity index (χ2v) is 9.52. The Hall–Kier alpha value is -3.93. The molecule has 0 bridgehead atoms. The number of aromatic nitrogens is 6. The summed E-state index contributed by atoms with van der Waals surface area (Å²) in [5.74, 6) is 2.52. The first kappa shape index (κ1) is 18.6. The van der Waals surface area contributed by atoms with Gasteiger partial charge in [-0.15, -0.1) is 0 Å². The van der Waals surface area contributed by atoms with Gasteiger partial charge in [-0.2, -0.15) is 0 Å². The van der Waals surface area contributed by atoms with E-state index in [-0.39, 0.29) is 0 Å². The lowest BCUT2D eigenvalue weighted by atomic mass is 10.1. The van der Waals surface area contributed by atoms with Crippen molar-refractivity contribution in [3.8, 4) is 0 Å². The van der Waals surface area contributed by atoms with Crippen molar-refractivity contribution in [2.75, 3.05) is 0 Å². The van der Waals surface area contributed by atoms with E-state index >= 15 is 0 Å². The summed E-state index contributed by atoms with van der Waals surface area (Å²) in [7, 11) is 0. The summed E-state index contributed by atoms with van der Waals surface area (Å²) in [5, 5.41) is 0. The monoisotopic (exact) mass is 432 g/mol. The van der Waals surface area contributed by atoms with Gasteiger partial charge in [-0.1, -0.05) is 0 Å². The maximum atomic E-state index is 5.11. The van der Waals surface area contributed by atoms with Gasteiger partial charge >= 0.3 is 0 Å². The average molecular weight is 433 g/mol. The van der Waals surface area contributed by atoms with E-state index in [1.165, 1.54) is 33.4 Å². The van der Waals surface area contributed by atoms with E-state index in [9.17, 15) is 0 Å². The van der Waals surface area contributed by atoms with Crippen LogP contribution in [0.4, 0.5) is 0 Å². The van der Waals surface area contributed by atoms with Gasteiger partial charge in [0.15, 0.2) is 0 Å². The highest BCUT2D eigenvalue weighted by Gasteiger charge is 2.21. The summed E-state index contributed by atoms with van der Waals surface area (Å²) in [6.45, 7) is 12.9. The molecule has 33 heavy (non-hydrogen) atoms. The largest absolute Gasteiger partial charge is 0.247 e. The predicted molar refractivity (Wildman–Crippen MR) is 134 cm³/mol. The fraction of sp³-hybridized carbons (Fsp3) is 0.222. The topological polar surface area (TPSA) is 51.9 Å². The van der Waals surface area contributed by atoms with Crippen LogP contribution in [0.1, 0.15) is 33.4 Å². The molecule has 0 N–H and O–H groups in total. The van der Waals surface area contributed by atoms with Gasteiger partial charge in [0.05, 0.1) is 33.1 Å². The third kappa shape index (κ3) is 2.25. The Labute approximate surface area is 190 Å². The van der Waals surface area contributed by atoms with Crippen LogP contribution in [-0.2, 0) is 0 Å². The summed E-state index contributed by atoms with van der Waals surface area (Å²) < 4.78 is 6.57. The number of imidazole rings is 3. The van der Waals surface area contributed by atoms with E-state index in [4.69, 9.17) is 15.0 Å². The number of hydrogen-bond donors (Lipinski definition) is 0. The average Bonchev–Trinajstić information content (AvgIpc) is 3.41. The second kappa shape index (κ2) is 5.90. The molecule has 0 saturated carbocycles. The van der Waals surface area contributed by atoms with Crippen molar-refractivity contribution in [2.45, 2.75) is 41.5 Å². The van der Waals surface area contributed by atoms with Gasteiger partial charge < -0.3 is 0 Å². The van der Waals surface area contributed by atoms with E-state index in [1.54, 1.807) is 0 Å². The molecule has 4 heterocycles. The van der Waals surface area contributed by atoms with Gasteiger partial charge in [0.1, 0.15) is 0 Å². The Morgan fingerprint density at radius 1 is 0.394 bits per heavy atom. The molecule has 0 amide bonds. The number of fused-ring (bicyclic) bond motifs is 12. The Balaban J connectivity index is 1.87. The number of rotatable bonds is 0. The zero-order valence-corrected chi connectivity index (χ0v) is 19.6. The third-order valence-electron chi connectivity index (χ3n) is 7.36. The maximum absolute atomic E-state index is 5.11. The van der Waals surface area contributed by atoms with E-state index in [2.05, 4.69) is 91.1 Å². The maximum Gasteiger partial charge on any atom is 0.225 e. The molecule has 7 rings (SSSR count). The van der Waals surface area contributed by atoms with E-state index in [0.29, 0.717) is 0 Å². The highest BCUT2D eigenvalue weighted by atomic mass is 15.3. The molecule has 0 radical (unpaired) electrons. The van der Waals surface area contributed by atoms with E-state index in [0.717, 1.165) is 50.4 Å². The minimum atomic E-state index is 0.840. The first-order valence-electron chi connectivity index (χ1n) is 11.3. The van der Waals surface area contributed by atoms with Crippen molar-refractivity contribution >= 4 is 50.4 Å². The Bertz CT molecular complexity index is 1720. The van der Waals surface area contributed by atoms with Crippen LogP contribution in [0.2, 0.25) is 0 Å². The molecule has 0 unspecified atom stereocenters. The lowest BCUT2D eigenvalue weighted by Gasteiger charge is -2.06. The molecule has 0 fully saturated rings. The molecular formula is C27H24N6. The van der Waals surface area contributed by atoms with Crippen LogP contribution < -0.4 is 0 Å². The van der Waals surface area contributed by atoms with Crippen molar-refractivity contribution in [2.24, 2.45) is 0 Å². The van der Waals surface area contributed by atoms with Crippen molar-refractivity contribution in [3.63, 3.8) is 0 Å². The number of nitrogens with zero attached hydrogens (tertiary/aromatic N) is 6. The number of benzene rings is 3. The van der Waals surface area contributed by atoms with Gasteiger partial charge in [0, 0.05) is 0 Å². The second-order valence-electron chi connectivity index (χ2n) is 9.52. The van der Waals surface area contributed by atoms with Crippen LogP contribution in [0, 0.1) is 41.5 Å². The summed E-state index contributed by atoms with van der Waals surface area (Å²) in [6, 6.07) is 13.2. The molecule has 6 nitrogen and oxygen atoms in total. The highest BCUT2D eigenvalue weighted by molar-refractivity contribution is 5.92. The molecule has 4 aromatic heterocycles. The lowest BCUT2D eigenvalue weighted by Crippen LogP contribution is -2.04. The van der Waals surface area contributed by atoms with Crippen molar-refractivity contribution in [3.05, 3.63) is 69.8 Å². The zero-order chi connectivity index (χ0) is 22.8. The molecule has 162 valence electrons. The summed E-state index contributed by atoms with van der Waals surface area (Å²) >= 11 is 0. The van der Waals surface area contributed by atoms with Gasteiger partial charge in [-0.05, 0) is 111 Å².